The summed E-state index contributed by atoms with van der Waals surface area (Å²) in [4.78, 5) is 11.9. The van der Waals surface area contributed by atoms with Gasteiger partial charge in [0.25, 0.3) is 5.91 Å². The van der Waals surface area contributed by atoms with E-state index in [1.54, 1.807) is 49.6 Å². The average molecular weight is 323 g/mol. The van der Waals surface area contributed by atoms with Gasteiger partial charge in [-0.3, -0.25) is 4.79 Å². The van der Waals surface area contributed by atoms with Crippen molar-refractivity contribution in [2.24, 2.45) is 5.10 Å². The first kappa shape index (κ1) is 15.4. The molecule has 0 heterocycles. The van der Waals surface area contributed by atoms with Crippen molar-refractivity contribution in [3.63, 3.8) is 0 Å². The SMILES string of the molecule is COc1ccc(C(=O)NN=Cc2c(Cl)cccc2Cl)cc1. The first-order valence-corrected chi connectivity index (χ1v) is 6.79. The molecule has 0 saturated carbocycles. The number of rotatable bonds is 4. The van der Waals surface area contributed by atoms with E-state index in [0.29, 0.717) is 26.9 Å². The Labute approximate surface area is 132 Å². The van der Waals surface area contributed by atoms with Crippen molar-refractivity contribution < 1.29 is 9.53 Å². The summed E-state index contributed by atoms with van der Waals surface area (Å²) in [6.45, 7) is 0. The Kier molecular flexibility index (Phi) is 5.20. The maximum atomic E-state index is 11.9. The minimum atomic E-state index is -0.336. The van der Waals surface area contributed by atoms with Gasteiger partial charge in [-0.2, -0.15) is 5.10 Å². The summed E-state index contributed by atoms with van der Waals surface area (Å²) in [5.41, 5.74) is 3.43. The summed E-state index contributed by atoms with van der Waals surface area (Å²) in [5.74, 6) is 0.343. The van der Waals surface area contributed by atoms with Crippen LogP contribution in [0.1, 0.15) is 15.9 Å². The van der Waals surface area contributed by atoms with Crippen molar-refractivity contribution in [3.8, 4) is 5.75 Å². The third kappa shape index (κ3) is 3.97. The smallest absolute Gasteiger partial charge is 0.271 e. The molecule has 0 spiro atoms. The number of methoxy groups -OCH3 is 1. The van der Waals surface area contributed by atoms with E-state index in [1.165, 1.54) is 6.21 Å². The summed E-state index contributed by atoms with van der Waals surface area (Å²) in [6, 6.07) is 11.8. The standard InChI is InChI=1S/C15H12Cl2N2O2/c1-21-11-7-5-10(6-8-11)15(20)19-18-9-12-13(16)3-2-4-14(12)17/h2-9H,1H3,(H,19,20). The molecule has 0 aliphatic rings. The number of hydrazone groups is 1. The van der Waals surface area contributed by atoms with Crippen molar-refractivity contribution in [3.05, 3.63) is 63.6 Å². The van der Waals surface area contributed by atoms with Crippen molar-refractivity contribution in [2.45, 2.75) is 0 Å². The highest BCUT2D eigenvalue weighted by Gasteiger charge is 2.05. The Morgan fingerprint density at radius 2 is 1.76 bits per heavy atom. The van der Waals surface area contributed by atoms with Crippen molar-refractivity contribution in [2.75, 3.05) is 7.11 Å². The third-order valence-electron chi connectivity index (χ3n) is 2.71. The average Bonchev–Trinajstić information content (AvgIpc) is 2.50. The molecule has 1 amide bonds. The second-order valence-electron chi connectivity index (χ2n) is 4.06. The van der Waals surface area contributed by atoms with Gasteiger partial charge in [-0.05, 0) is 36.4 Å². The molecule has 0 atom stereocenters. The van der Waals surface area contributed by atoms with Gasteiger partial charge >= 0.3 is 0 Å². The van der Waals surface area contributed by atoms with Crippen molar-refractivity contribution in [1.29, 1.82) is 0 Å². The van der Waals surface area contributed by atoms with Crippen LogP contribution in [0.5, 0.6) is 5.75 Å². The quantitative estimate of drug-likeness (QED) is 0.688. The largest absolute Gasteiger partial charge is 0.497 e. The Morgan fingerprint density at radius 3 is 2.33 bits per heavy atom. The third-order valence-corrected chi connectivity index (χ3v) is 3.37. The van der Waals surface area contributed by atoms with E-state index < -0.39 is 0 Å². The molecule has 0 unspecified atom stereocenters. The fourth-order valence-corrected chi connectivity index (χ4v) is 2.09. The van der Waals surface area contributed by atoms with Crippen LogP contribution in [0.3, 0.4) is 0 Å². The number of carbonyl (C=O) groups is 1. The Bertz CT molecular complexity index is 650. The molecule has 2 aromatic carbocycles. The Balaban J connectivity index is 2.05. The minimum Gasteiger partial charge on any atom is -0.497 e. The van der Waals surface area contributed by atoms with E-state index in [1.807, 2.05) is 0 Å². The van der Waals surface area contributed by atoms with Crippen LogP contribution in [-0.2, 0) is 0 Å². The number of amides is 1. The Morgan fingerprint density at radius 1 is 1.14 bits per heavy atom. The van der Waals surface area contributed by atoms with Crippen molar-refractivity contribution in [1.82, 2.24) is 5.43 Å². The topological polar surface area (TPSA) is 50.7 Å². The number of carbonyl (C=O) groups excluding carboxylic acids is 1. The van der Waals surface area contributed by atoms with Gasteiger partial charge in [-0.25, -0.2) is 5.43 Å². The molecule has 1 N–H and O–H groups in total. The fourth-order valence-electron chi connectivity index (χ4n) is 1.60. The van der Waals surface area contributed by atoms with Gasteiger partial charge in [0.15, 0.2) is 0 Å². The lowest BCUT2D eigenvalue weighted by molar-refractivity contribution is 0.0955. The van der Waals surface area contributed by atoms with Crippen LogP contribution >= 0.6 is 23.2 Å². The molecule has 2 aromatic rings. The van der Waals surface area contributed by atoms with E-state index in [9.17, 15) is 4.79 Å². The van der Waals surface area contributed by atoms with Gasteiger partial charge in [-0.1, -0.05) is 29.3 Å². The lowest BCUT2D eigenvalue weighted by atomic mass is 10.2. The number of nitrogens with one attached hydrogen (secondary N) is 1. The van der Waals surface area contributed by atoms with E-state index >= 15 is 0 Å². The number of ether oxygens (including phenoxy) is 1. The molecule has 0 radical (unpaired) electrons. The highest BCUT2D eigenvalue weighted by molar-refractivity contribution is 6.38. The van der Waals surface area contributed by atoms with Gasteiger partial charge in [-0.15, -0.1) is 0 Å². The van der Waals surface area contributed by atoms with E-state index in [4.69, 9.17) is 27.9 Å². The lowest BCUT2D eigenvalue weighted by Crippen LogP contribution is -2.17. The summed E-state index contributed by atoms with van der Waals surface area (Å²) in [6.07, 6.45) is 1.41. The highest BCUT2D eigenvalue weighted by atomic mass is 35.5. The lowest BCUT2D eigenvalue weighted by Gasteiger charge is -2.03. The predicted octanol–water partition coefficient (Wildman–Crippen LogP) is 3.77. The number of hydrogen-bond donors (Lipinski definition) is 1. The second kappa shape index (κ2) is 7.11. The van der Waals surface area contributed by atoms with Crippen LogP contribution in [0, 0.1) is 0 Å². The molecule has 0 aromatic heterocycles. The maximum absolute atomic E-state index is 11.9. The molecule has 0 aliphatic carbocycles. The number of nitrogens with zero attached hydrogens (tertiary/aromatic N) is 1. The van der Waals surface area contributed by atoms with Crippen molar-refractivity contribution >= 4 is 35.3 Å². The summed E-state index contributed by atoms with van der Waals surface area (Å²) in [7, 11) is 1.56. The molecule has 0 aliphatic heterocycles. The molecule has 4 nitrogen and oxygen atoms in total. The zero-order valence-corrected chi connectivity index (χ0v) is 12.7. The number of halogens is 2. The van der Waals surface area contributed by atoms with Gasteiger partial charge < -0.3 is 4.74 Å². The van der Waals surface area contributed by atoms with Crippen LogP contribution in [0.4, 0.5) is 0 Å². The number of benzene rings is 2. The van der Waals surface area contributed by atoms with Crippen LogP contribution in [0.2, 0.25) is 10.0 Å². The van der Waals surface area contributed by atoms with Gasteiger partial charge in [0.2, 0.25) is 0 Å². The monoisotopic (exact) mass is 322 g/mol. The first-order valence-electron chi connectivity index (χ1n) is 6.03. The van der Waals surface area contributed by atoms with Crippen LogP contribution in [-0.4, -0.2) is 19.2 Å². The van der Waals surface area contributed by atoms with Gasteiger partial charge in [0, 0.05) is 11.1 Å². The first-order chi connectivity index (χ1) is 10.1. The van der Waals surface area contributed by atoms with Gasteiger partial charge in [0.05, 0.1) is 23.4 Å². The van der Waals surface area contributed by atoms with E-state index in [-0.39, 0.29) is 5.91 Å². The highest BCUT2D eigenvalue weighted by Crippen LogP contribution is 2.22. The second-order valence-corrected chi connectivity index (χ2v) is 4.88. The molecule has 6 heteroatoms. The zero-order chi connectivity index (χ0) is 15.2. The van der Waals surface area contributed by atoms with Crippen LogP contribution in [0.15, 0.2) is 47.6 Å². The summed E-state index contributed by atoms with van der Waals surface area (Å²) in [5, 5.41) is 4.78. The normalized spacial score (nSPS) is 10.6. The maximum Gasteiger partial charge on any atom is 0.271 e. The molecule has 2 rings (SSSR count). The van der Waals surface area contributed by atoms with Crippen LogP contribution in [0.25, 0.3) is 0 Å². The molecule has 21 heavy (non-hydrogen) atoms. The molecule has 0 bridgehead atoms. The summed E-state index contributed by atoms with van der Waals surface area (Å²) < 4.78 is 5.02. The fraction of sp³-hybridized carbons (Fsp3) is 0.0667. The molecular weight excluding hydrogens is 311 g/mol. The Hall–Kier alpha value is -2.04. The molecule has 0 saturated heterocycles. The predicted molar refractivity (Wildman–Crippen MR) is 84.5 cm³/mol. The van der Waals surface area contributed by atoms with E-state index in [0.717, 1.165) is 0 Å². The zero-order valence-electron chi connectivity index (χ0n) is 11.1. The molecule has 108 valence electrons. The van der Waals surface area contributed by atoms with Gasteiger partial charge in [0.1, 0.15) is 5.75 Å². The molecular formula is C15H12Cl2N2O2. The van der Waals surface area contributed by atoms with Crippen LogP contribution < -0.4 is 10.2 Å². The number of hydrogen-bond acceptors (Lipinski definition) is 3. The summed E-state index contributed by atoms with van der Waals surface area (Å²) >= 11 is 12.0. The van der Waals surface area contributed by atoms with E-state index in [2.05, 4.69) is 10.5 Å². The molecule has 0 fully saturated rings. The minimum absolute atomic E-state index is 0.336.